The summed E-state index contributed by atoms with van der Waals surface area (Å²) >= 11 is 0. The summed E-state index contributed by atoms with van der Waals surface area (Å²) in [4.78, 5) is 2.38. The molecular formula is C20H28N2O. The summed E-state index contributed by atoms with van der Waals surface area (Å²) in [5, 5.41) is 0. The van der Waals surface area contributed by atoms with Crippen LogP contribution >= 0.6 is 0 Å². The smallest absolute Gasteiger partial charge is 0.119 e. The van der Waals surface area contributed by atoms with Crippen LogP contribution in [0.2, 0.25) is 0 Å². The second-order valence-electron chi connectivity index (χ2n) is 5.63. The van der Waals surface area contributed by atoms with Gasteiger partial charge in [-0.15, -0.1) is 0 Å². The molecule has 1 unspecified atom stereocenters. The highest BCUT2D eigenvalue weighted by molar-refractivity contribution is 5.31. The van der Waals surface area contributed by atoms with E-state index < -0.39 is 0 Å². The van der Waals surface area contributed by atoms with Crippen molar-refractivity contribution >= 4 is 0 Å². The van der Waals surface area contributed by atoms with Crippen molar-refractivity contribution in [2.45, 2.75) is 26.3 Å². The van der Waals surface area contributed by atoms with E-state index >= 15 is 0 Å². The van der Waals surface area contributed by atoms with Crippen molar-refractivity contribution in [3.8, 4) is 5.75 Å². The Balaban J connectivity index is 1.98. The van der Waals surface area contributed by atoms with Gasteiger partial charge in [0.15, 0.2) is 0 Å². The molecule has 0 bridgehead atoms. The molecule has 1 atom stereocenters. The molecule has 124 valence electrons. The van der Waals surface area contributed by atoms with Gasteiger partial charge in [0.25, 0.3) is 0 Å². The van der Waals surface area contributed by atoms with Crippen LogP contribution in [0.4, 0.5) is 0 Å². The molecule has 0 fully saturated rings. The molecule has 0 aliphatic heterocycles. The van der Waals surface area contributed by atoms with E-state index in [1.54, 1.807) is 0 Å². The van der Waals surface area contributed by atoms with Crippen LogP contribution in [0.3, 0.4) is 0 Å². The minimum absolute atomic E-state index is 0.252. The fourth-order valence-electron chi connectivity index (χ4n) is 2.90. The maximum absolute atomic E-state index is 6.00. The van der Waals surface area contributed by atoms with Gasteiger partial charge in [0.05, 0.1) is 6.61 Å². The SMILES string of the molecule is CCN(CC)C(CN)c1cccc(OCCc2ccccc2)c1. The first-order valence-electron chi connectivity index (χ1n) is 8.49. The van der Waals surface area contributed by atoms with Crippen LogP contribution in [-0.2, 0) is 6.42 Å². The molecule has 2 aromatic carbocycles. The third kappa shape index (κ3) is 5.08. The number of hydrogen-bond acceptors (Lipinski definition) is 3. The van der Waals surface area contributed by atoms with Crippen molar-refractivity contribution < 1.29 is 4.74 Å². The summed E-state index contributed by atoms with van der Waals surface area (Å²) in [6.45, 7) is 7.65. The van der Waals surface area contributed by atoms with Crippen LogP contribution in [0.15, 0.2) is 54.6 Å². The fourth-order valence-corrected chi connectivity index (χ4v) is 2.90. The lowest BCUT2D eigenvalue weighted by Crippen LogP contribution is -2.33. The summed E-state index contributed by atoms with van der Waals surface area (Å²) in [6.07, 6.45) is 0.918. The van der Waals surface area contributed by atoms with Crippen LogP contribution in [0.25, 0.3) is 0 Å². The number of hydrogen-bond donors (Lipinski definition) is 1. The molecule has 0 radical (unpaired) electrons. The number of benzene rings is 2. The molecule has 0 spiro atoms. The summed E-state index contributed by atoms with van der Waals surface area (Å²) in [5.41, 5.74) is 8.53. The number of rotatable bonds is 9. The third-order valence-electron chi connectivity index (χ3n) is 4.22. The van der Waals surface area contributed by atoms with E-state index in [0.29, 0.717) is 13.2 Å². The van der Waals surface area contributed by atoms with Crippen molar-refractivity contribution in [2.24, 2.45) is 5.73 Å². The Kier molecular flexibility index (Phi) is 7.11. The van der Waals surface area contributed by atoms with Gasteiger partial charge in [0, 0.05) is 19.0 Å². The zero-order chi connectivity index (χ0) is 16.5. The zero-order valence-electron chi connectivity index (χ0n) is 14.2. The molecule has 2 aromatic rings. The van der Waals surface area contributed by atoms with Gasteiger partial charge in [-0.25, -0.2) is 0 Å². The van der Waals surface area contributed by atoms with Crippen molar-refractivity contribution in [2.75, 3.05) is 26.2 Å². The van der Waals surface area contributed by atoms with Crippen molar-refractivity contribution in [1.29, 1.82) is 0 Å². The minimum Gasteiger partial charge on any atom is -0.493 e. The first-order chi connectivity index (χ1) is 11.3. The fraction of sp³-hybridized carbons (Fsp3) is 0.400. The van der Waals surface area contributed by atoms with E-state index in [9.17, 15) is 0 Å². The van der Waals surface area contributed by atoms with Crippen molar-refractivity contribution in [3.05, 3.63) is 65.7 Å². The number of likely N-dealkylation sites (N-methyl/N-ethyl adjacent to an activating group) is 1. The number of nitrogens with two attached hydrogens (primary N) is 1. The van der Waals surface area contributed by atoms with Crippen LogP contribution < -0.4 is 10.5 Å². The molecule has 0 aliphatic rings. The van der Waals surface area contributed by atoms with E-state index in [1.165, 1.54) is 11.1 Å². The van der Waals surface area contributed by atoms with Gasteiger partial charge < -0.3 is 10.5 Å². The van der Waals surface area contributed by atoms with E-state index in [1.807, 2.05) is 12.1 Å². The monoisotopic (exact) mass is 312 g/mol. The lowest BCUT2D eigenvalue weighted by atomic mass is 10.0. The van der Waals surface area contributed by atoms with Crippen LogP contribution in [-0.4, -0.2) is 31.1 Å². The van der Waals surface area contributed by atoms with Gasteiger partial charge in [0.2, 0.25) is 0 Å². The largest absolute Gasteiger partial charge is 0.493 e. The zero-order valence-corrected chi connectivity index (χ0v) is 14.2. The normalized spacial score (nSPS) is 12.3. The highest BCUT2D eigenvalue weighted by Gasteiger charge is 2.16. The predicted octanol–water partition coefficient (Wildman–Crippen LogP) is 3.65. The average molecular weight is 312 g/mol. The molecule has 0 aromatic heterocycles. The quantitative estimate of drug-likeness (QED) is 0.768. The molecule has 23 heavy (non-hydrogen) atoms. The second-order valence-corrected chi connectivity index (χ2v) is 5.63. The third-order valence-corrected chi connectivity index (χ3v) is 4.22. The molecule has 0 amide bonds. The molecule has 0 heterocycles. The lowest BCUT2D eigenvalue weighted by molar-refractivity contribution is 0.223. The van der Waals surface area contributed by atoms with Crippen LogP contribution in [0, 0.1) is 0 Å². The molecule has 3 nitrogen and oxygen atoms in total. The molecule has 0 saturated carbocycles. The molecule has 0 saturated heterocycles. The van der Waals surface area contributed by atoms with Gasteiger partial charge in [-0.3, -0.25) is 4.90 Å². The summed E-state index contributed by atoms with van der Waals surface area (Å²) in [7, 11) is 0. The van der Waals surface area contributed by atoms with E-state index in [4.69, 9.17) is 10.5 Å². The van der Waals surface area contributed by atoms with E-state index in [-0.39, 0.29) is 6.04 Å². The highest BCUT2D eigenvalue weighted by atomic mass is 16.5. The first-order valence-corrected chi connectivity index (χ1v) is 8.49. The summed E-state index contributed by atoms with van der Waals surface area (Å²) in [5.74, 6) is 0.920. The predicted molar refractivity (Wildman–Crippen MR) is 96.8 cm³/mol. The molecule has 0 aliphatic carbocycles. The Bertz CT molecular complexity index is 567. The Hall–Kier alpha value is -1.84. The van der Waals surface area contributed by atoms with Crippen LogP contribution in [0.1, 0.15) is 31.0 Å². The molecule has 3 heteroatoms. The maximum atomic E-state index is 6.00. The van der Waals surface area contributed by atoms with E-state index in [0.717, 1.165) is 25.3 Å². The number of nitrogens with zero attached hydrogens (tertiary/aromatic N) is 1. The highest BCUT2D eigenvalue weighted by Crippen LogP contribution is 2.23. The average Bonchev–Trinajstić information content (AvgIpc) is 2.60. The summed E-state index contributed by atoms with van der Waals surface area (Å²) < 4.78 is 5.93. The summed E-state index contributed by atoms with van der Waals surface area (Å²) in [6, 6.07) is 19.0. The molecular weight excluding hydrogens is 284 g/mol. The van der Waals surface area contributed by atoms with Crippen LogP contribution in [0.5, 0.6) is 5.75 Å². The van der Waals surface area contributed by atoms with Gasteiger partial charge in [-0.2, -0.15) is 0 Å². The topological polar surface area (TPSA) is 38.5 Å². The maximum Gasteiger partial charge on any atom is 0.119 e. The second kappa shape index (κ2) is 9.33. The Morgan fingerprint density at radius 2 is 1.74 bits per heavy atom. The lowest BCUT2D eigenvalue weighted by Gasteiger charge is -2.29. The van der Waals surface area contributed by atoms with Gasteiger partial charge in [-0.1, -0.05) is 56.3 Å². The van der Waals surface area contributed by atoms with Crippen molar-refractivity contribution in [1.82, 2.24) is 4.90 Å². The Labute approximate surface area is 140 Å². The van der Waals surface area contributed by atoms with Gasteiger partial charge in [0.1, 0.15) is 5.75 Å². The first kappa shape index (κ1) is 17.5. The molecule has 2 rings (SSSR count). The Morgan fingerprint density at radius 1 is 1.00 bits per heavy atom. The van der Waals surface area contributed by atoms with E-state index in [2.05, 4.69) is 61.2 Å². The minimum atomic E-state index is 0.252. The standard InChI is InChI=1S/C20H28N2O/c1-3-22(4-2)20(16-21)18-11-8-12-19(15-18)23-14-13-17-9-6-5-7-10-17/h5-12,15,20H,3-4,13-14,16,21H2,1-2H3. The van der Waals surface area contributed by atoms with Gasteiger partial charge >= 0.3 is 0 Å². The van der Waals surface area contributed by atoms with Crippen molar-refractivity contribution in [3.63, 3.8) is 0 Å². The molecule has 2 N–H and O–H groups in total. The van der Waals surface area contributed by atoms with Gasteiger partial charge in [-0.05, 0) is 36.3 Å². The Morgan fingerprint density at radius 3 is 2.39 bits per heavy atom. The number of ether oxygens (including phenoxy) is 1.